The van der Waals surface area contributed by atoms with Gasteiger partial charge in [0.15, 0.2) is 5.78 Å². The Morgan fingerprint density at radius 3 is 2.43 bits per heavy atom. The van der Waals surface area contributed by atoms with Gasteiger partial charge in [0.05, 0.1) is 0 Å². The van der Waals surface area contributed by atoms with Crippen molar-refractivity contribution in [3.8, 4) is 0 Å². The van der Waals surface area contributed by atoms with Crippen molar-refractivity contribution in [3.05, 3.63) is 40.9 Å². The van der Waals surface area contributed by atoms with Crippen molar-refractivity contribution >= 4 is 23.0 Å². The van der Waals surface area contributed by atoms with Crippen molar-refractivity contribution < 1.29 is 4.79 Å². The molecule has 0 atom stereocenters. The molecule has 72 valence electrons. The smallest absolute Gasteiger partial charge is 0.155 e. The topological polar surface area (TPSA) is 17.1 Å². The Labute approximate surface area is 88.4 Å². The predicted octanol–water partition coefficient (Wildman–Crippen LogP) is 3.48. The van der Waals surface area contributed by atoms with Crippen LogP contribution in [-0.4, -0.2) is 5.78 Å². The van der Waals surface area contributed by atoms with Gasteiger partial charge in [-0.05, 0) is 42.2 Å². The number of hydrogen-bond acceptors (Lipinski definition) is 1. The molecule has 0 saturated carbocycles. The van der Waals surface area contributed by atoms with Crippen LogP contribution in [0.4, 0.5) is 0 Å². The minimum Gasteiger partial charge on any atom is -0.295 e. The summed E-state index contributed by atoms with van der Waals surface area (Å²) in [4.78, 5) is 11.2. The van der Waals surface area contributed by atoms with E-state index in [1.165, 1.54) is 0 Å². The van der Waals surface area contributed by atoms with Crippen LogP contribution in [-0.2, 0) is 4.79 Å². The van der Waals surface area contributed by atoms with Crippen LogP contribution in [0, 0.1) is 0 Å². The molecule has 2 rings (SSSR count). The molecule has 0 spiro atoms. The zero-order valence-electron chi connectivity index (χ0n) is 7.79. The second-order valence-corrected chi connectivity index (χ2v) is 3.93. The van der Waals surface area contributed by atoms with Gasteiger partial charge in [0.25, 0.3) is 0 Å². The normalized spacial score (nSPS) is 16.6. The molecule has 14 heavy (non-hydrogen) atoms. The quantitative estimate of drug-likeness (QED) is 0.688. The van der Waals surface area contributed by atoms with Gasteiger partial charge in [-0.15, -0.1) is 0 Å². The van der Waals surface area contributed by atoms with Gasteiger partial charge in [0.1, 0.15) is 0 Å². The summed E-state index contributed by atoms with van der Waals surface area (Å²) in [6.07, 6.45) is 4.41. The molecule has 1 aromatic carbocycles. The summed E-state index contributed by atoms with van der Waals surface area (Å²) >= 11 is 5.79. The lowest BCUT2D eigenvalue weighted by Crippen LogP contribution is -2.01. The second-order valence-electron chi connectivity index (χ2n) is 3.50. The Kier molecular flexibility index (Phi) is 2.69. The highest BCUT2D eigenvalue weighted by atomic mass is 35.5. The van der Waals surface area contributed by atoms with Crippen molar-refractivity contribution in [2.24, 2.45) is 0 Å². The van der Waals surface area contributed by atoms with E-state index >= 15 is 0 Å². The highest BCUT2D eigenvalue weighted by Gasteiger charge is 2.10. The monoisotopic (exact) mass is 206 g/mol. The zero-order valence-corrected chi connectivity index (χ0v) is 8.55. The van der Waals surface area contributed by atoms with Crippen LogP contribution in [0.5, 0.6) is 0 Å². The second kappa shape index (κ2) is 3.97. The summed E-state index contributed by atoms with van der Waals surface area (Å²) < 4.78 is 0. The molecule has 0 aliphatic heterocycles. The van der Waals surface area contributed by atoms with Crippen molar-refractivity contribution in [2.45, 2.75) is 19.3 Å². The summed E-state index contributed by atoms with van der Waals surface area (Å²) in [6.45, 7) is 0. The molecule has 2 heteroatoms. The maximum atomic E-state index is 11.2. The molecule has 0 radical (unpaired) electrons. The van der Waals surface area contributed by atoms with E-state index in [9.17, 15) is 4.79 Å². The van der Waals surface area contributed by atoms with Crippen LogP contribution in [0.15, 0.2) is 30.3 Å². The lowest BCUT2D eigenvalue weighted by atomic mass is 9.93. The van der Waals surface area contributed by atoms with Gasteiger partial charge in [0.2, 0.25) is 0 Å². The molecule has 1 aliphatic rings. The highest BCUT2D eigenvalue weighted by Crippen LogP contribution is 2.25. The van der Waals surface area contributed by atoms with Crippen LogP contribution < -0.4 is 0 Å². The fourth-order valence-corrected chi connectivity index (χ4v) is 1.81. The first-order chi connectivity index (χ1) is 6.75. The average molecular weight is 207 g/mol. The van der Waals surface area contributed by atoms with Gasteiger partial charge >= 0.3 is 0 Å². The Bertz CT molecular complexity index is 376. The molecule has 0 bridgehead atoms. The Hall–Kier alpha value is -1.08. The fourth-order valence-electron chi connectivity index (χ4n) is 1.68. The molecule has 0 N–H and O–H groups in total. The number of halogens is 1. The number of carbonyl (C=O) groups excluding carboxylic acids is 1. The van der Waals surface area contributed by atoms with E-state index < -0.39 is 0 Å². The number of allylic oxidation sites excluding steroid dienone is 2. The van der Waals surface area contributed by atoms with Crippen molar-refractivity contribution in [1.29, 1.82) is 0 Å². The van der Waals surface area contributed by atoms with Crippen molar-refractivity contribution in [1.82, 2.24) is 0 Å². The molecule has 0 saturated heterocycles. The van der Waals surface area contributed by atoms with E-state index in [2.05, 4.69) is 0 Å². The van der Waals surface area contributed by atoms with E-state index in [4.69, 9.17) is 11.6 Å². The largest absolute Gasteiger partial charge is 0.295 e. The molecule has 0 aromatic heterocycles. The number of rotatable bonds is 1. The lowest BCUT2D eigenvalue weighted by molar-refractivity contribution is -0.114. The lowest BCUT2D eigenvalue weighted by Gasteiger charge is -2.11. The van der Waals surface area contributed by atoms with E-state index in [0.717, 1.165) is 29.0 Å². The minimum atomic E-state index is 0.237. The highest BCUT2D eigenvalue weighted by molar-refractivity contribution is 6.30. The molecular weight excluding hydrogens is 196 g/mol. The van der Waals surface area contributed by atoms with Crippen LogP contribution in [0.2, 0.25) is 5.02 Å². The summed E-state index contributed by atoms with van der Waals surface area (Å²) in [7, 11) is 0. The molecule has 1 aliphatic carbocycles. The molecule has 0 heterocycles. The van der Waals surface area contributed by atoms with Crippen molar-refractivity contribution in [3.63, 3.8) is 0 Å². The van der Waals surface area contributed by atoms with Gasteiger partial charge in [0, 0.05) is 11.4 Å². The number of carbonyl (C=O) groups is 1. The summed E-state index contributed by atoms with van der Waals surface area (Å²) in [5, 5.41) is 0.733. The molecule has 0 unspecified atom stereocenters. The summed E-state index contributed by atoms with van der Waals surface area (Å²) in [6, 6.07) is 7.65. The molecule has 1 nitrogen and oxygen atoms in total. The first kappa shape index (κ1) is 9.47. The van der Waals surface area contributed by atoms with Crippen molar-refractivity contribution in [2.75, 3.05) is 0 Å². The van der Waals surface area contributed by atoms with Crippen LogP contribution in [0.3, 0.4) is 0 Å². The van der Waals surface area contributed by atoms with Gasteiger partial charge in [-0.2, -0.15) is 0 Å². The summed E-state index contributed by atoms with van der Waals surface area (Å²) in [5.41, 5.74) is 2.25. The molecular formula is C12H11ClO. The maximum Gasteiger partial charge on any atom is 0.155 e. The first-order valence-electron chi connectivity index (χ1n) is 4.75. The Balaban J connectivity index is 2.30. The minimum absolute atomic E-state index is 0.237. The van der Waals surface area contributed by atoms with Gasteiger partial charge in [-0.1, -0.05) is 23.7 Å². The number of hydrogen-bond donors (Lipinski definition) is 0. The zero-order chi connectivity index (χ0) is 9.97. The fraction of sp³-hybridized carbons (Fsp3) is 0.250. The average Bonchev–Trinajstić information content (AvgIpc) is 2.19. The Morgan fingerprint density at radius 1 is 1.07 bits per heavy atom. The SMILES string of the molecule is O=C1C=C(c2ccc(Cl)cc2)CCC1. The standard InChI is InChI=1S/C12H11ClO/c13-11-6-4-9(5-7-11)10-2-1-3-12(14)8-10/h4-8H,1-3H2. The van der Waals surface area contributed by atoms with E-state index in [1.54, 1.807) is 6.08 Å². The van der Waals surface area contributed by atoms with Crippen LogP contribution >= 0.6 is 11.6 Å². The van der Waals surface area contributed by atoms with E-state index in [0.29, 0.717) is 6.42 Å². The van der Waals surface area contributed by atoms with Gasteiger partial charge in [-0.25, -0.2) is 0 Å². The maximum absolute atomic E-state index is 11.2. The third kappa shape index (κ3) is 2.05. The van der Waals surface area contributed by atoms with Gasteiger partial charge < -0.3 is 0 Å². The van der Waals surface area contributed by atoms with Crippen LogP contribution in [0.25, 0.3) is 5.57 Å². The third-order valence-electron chi connectivity index (χ3n) is 2.42. The first-order valence-corrected chi connectivity index (χ1v) is 5.13. The van der Waals surface area contributed by atoms with Crippen LogP contribution in [0.1, 0.15) is 24.8 Å². The third-order valence-corrected chi connectivity index (χ3v) is 2.67. The van der Waals surface area contributed by atoms with E-state index in [1.807, 2.05) is 24.3 Å². The Morgan fingerprint density at radius 2 is 1.79 bits per heavy atom. The molecule has 1 aromatic rings. The van der Waals surface area contributed by atoms with E-state index in [-0.39, 0.29) is 5.78 Å². The predicted molar refractivity (Wildman–Crippen MR) is 58.3 cm³/mol. The van der Waals surface area contributed by atoms with Gasteiger partial charge in [-0.3, -0.25) is 4.79 Å². The molecule has 0 fully saturated rings. The molecule has 0 amide bonds. The number of benzene rings is 1. The number of ketones is 1. The summed E-state index contributed by atoms with van der Waals surface area (Å²) in [5.74, 6) is 0.237.